The molecule has 9 heteroatoms. The van der Waals surface area contributed by atoms with E-state index in [0.29, 0.717) is 6.54 Å². The van der Waals surface area contributed by atoms with Crippen molar-refractivity contribution in [3.8, 4) is 11.3 Å². The summed E-state index contributed by atoms with van der Waals surface area (Å²) in [6, 6.07) is 10.2. The van der Waals surface area contributed by atoms with Crippen LogP contribution in [0.4, 0.5) is 10.5 Å². The lowest BCUT2D eigenvalue weighted by Crippen LogP contribution is -2.40. The van der Waals surface area contributed by atoms with Gasteiger partial charge in [-0.25, -0.2) is 9.16 Å². The first-order valence-electron chi connectivity index (χ1n) is 11.0. The molecule has 0 aliphatic carbocycles. The molecule has 2 amide bonds. The third-order valence-electron chi connectivity index (χ3n) is 6.39. The molecule has 3 aromatic rings. The van der Waals surface area contributed by atoms with Crippen LogP contribution in [-0.2, 0) is 21.6 Å². The molecule has 5 rings (SSSR count). The molecule has 2 aliphatic rings. The van der Waals surface area contributed by atoms with Crippen molar-refractivity contribution < 1.29 is 4.79 Å². The van der Waals surface area contributed by atoms with Crippen LogP contribution in [0.2, 0.25) is 0 Å². The summed E-state index contributed by atoms with van der Waals surface area (Å²) < 4.78 is 14.8. The number of carbonyl (C=O) groups excluding carboxylic acids is 1. The average Bonchev–Trinajstić information content (AvgIpc) is 3.43. The van der Waals surface area contributed by atoms with Crippen LogP contribution in [-0.4, -0.2) is 57.8 Å². The molecule has 1 unspecified atom stereocenters. The van der Waals surface area contributed by atoms with Crippen LogP contribution in [0.5, 0.6) is 0 Å². The first-order valence-corrected chi connectivity index (χ1v) is 13.4. The number of carbonyl (C=O) groups is 1. The van der Waals surface area contributed by atoms with Gasteiger partial charge in [0.2, 0.25) is 0 Å². The maximum Gasteiger partial charge on any atom is 0.317 e. The van der Waals surface area contributed by atoms with Gasteiger partial charge in [-0.1, -0.05) is 9.62 Å². The van der Waals surface area contributed by atoms with Crippen molar-refractivity contribution in [3.63, 3.8) is 0 Å². The lowest BCUT2D eigenvalue weighted by Gasteiger charge is -2.23. The molecule has 32 heavy (non-hydrogen) atoms. The van der Waals surface area contributed by atoms with Crippen molar-refractivity contribution in [2.75, 3.05) is 32.1 Å². The fourth-order valence-corrected chi connectivity index (χ4v) is 5.55. The predicted molar refractivity (Wildman–Crippen MR) is 129 cm³/mol. The fraction of sp³-hybridized carbons (Fsp3) is 0.435. The number of pyridine rings is 1. The highest BCUT2D eigenvalue weighted by Crippen LogP contribution is 2.43. The Morgan fingerprint density at radius 3 is 2.84 bits per heavy atom. The van der Waals surface area contributed by atoms with Gasteiger partial charge in [0, 0.05) is 66.9 Å². The largest absolute Gasteiger partial charge is 0.338 e. The summed E-state index contributed by atoms with van der Waals surface area (Å²) in [5, 5.41) is 8.80. The summed E-state index contributed by atoms with van der Waals surface area (Å²) in [5.74, 6) is 0. The Balaban J connectivity index is 1.47. The quantitative estimate of drug-likeness (QED) is 0.625. The van der Waals surface area contributed by atoms with Gasteiger partial charge in [0.15, 0.2) is 0 Å². The van der Waals surface area contributed by atoms with E-state index in [1.54, 1.807) is 0 Å². The molecule has 2 aromatic heterocycles. The van der Waals surface area contributed by atoms with Gasteiger partial charge in [-0.3, -0.25) is 14.4 Å². The molecule has 168 valence electrons. The molecule has 2 aliphatic heterocycles. The van der Waals surface area contributed by atoms with Gasteiger partial charge in [-0.05, 0) is 50.1 Å². The monoisotopic (exact) mass is 451 g/mol. The molecule has 0 radical (unpaired) electrons. The molecule has 1 atom stereocenters. The van der Waals surface area contributed by atoms with Gasteiger partial charge >= 0.3 is 6.03 Å². The average molecular weight is 452 g/mol. The molecule has 1 spiro atoms. The van der Waals surface area contributed by atoms with Gasteiger partial charge in [-0.15, -0.1) is 0 Å². The third-order valence-corrected chi connectivity index (χ3v) is 7.06. The second-order valence-corrected chi connectivity index (χ2v) is 11.9. The van der Waals surface area contributed by atoms with Gasteiger partial charge in [-0.2, -0.15) is 5.10 Å². The molecule has 1 saturated heterocycles. The molecule has 1 fully saturated rings. The number of fused-ring (bicyclic) bond motifs is 3. The second-order valence-electron chi connectivity index (χ2n) is 9.14. The Morgan fingerprint density at radius 2 is 2.06 bits per heavy atom. The number of aryl methyl sites for hydroxylation is 1. The number of nitrogens with one attached hydrogen (secondary N) is 2. The summed E-state index contributed by atoms with van der Waals surface area (Å²) in [7, 11) is -1.73. The van der Waals surface area contributed by atoms with Gasteiger partial charge in [0.25, 0.3) is 0 Å². The van der Waals surface area contributed by atoms with Crippen LogP contribution >= 0.6 is 0 Å². The summed E-state index contributed by atoms with van der Waals surface area (Å²) in [5.41, 5.74) is 4.83. The van der Waals surface area contributed by atoms with E-state index in [1.165, 1.54) is 5.69 Å². The van der Waals surface area contributed by atoms with E-state index in [0.717, 1.165) is 60.3 Å². The van der Waals surface area contributed by atoms with Crippen LogP contribution in [0.3, 0.4) is 0 Å². The minimum Gasteiger partial charge on any atom is -0.338 e. The van der Waals surface area contributed by atoms with E-state index in [9.17, 15) is 4.79 Å². The lowest BCUT2D eigenvalue weighted by molar-refractivity contribution is 0.206. The summed E-state index contributed by atoms with van der Waals surface area (Å²) >= 11 is 0. The maximum absolute atomic E-state index is 12.3. The molecule has 8 nitrogen and oxygen atoms in total. The summed E-state index contributed by atoms with van der Waals surface area (Å²) in [6.45, 7) is 5.00. The lowest BCUT2D eigenvalue weighted by atomic mass is 9.82. The van der Waals surface area contributed by atoms with Crippen molar-refractivity contribution in [1.82, 2.24) is 25.0 Å². The number of rotatable bonds is 3. The topological polar surface area (TPSA) is 99.3 Å². The minimum atomic E-state index is -1.73. The Kier molecular flexibility index (Phi) is 4.96. The van der Waals surface area contributed by atoms with Crippen LogP contribution in [0.25, 0.3) is 22.2 Å². The fourth-order valence-electron chi connectivity index (χ4n) is 4.90. The van der Waals surface area contributed by atoms with Crippen molar-refractivity contribution >= 4 is 32.2 Å². The molecule has 0 bridgehead atoms. The number of nitrogens with zero attached hydrogens (tertiary/aromatic N) is 5. The van der Waals surface area contributed by atoms with E-state index >= 15 is 0 Å². The SMILES string of the molecule is CCNC(=O)N1CCC2(CCn3nc(-c4cnc5ccc(N=S(C)(C)=N)cc5c4)cc32)C1. The van der Waals surface area contributed by atoms with Crippen LogP contribution in [0, 0.1) is 4.78 Å². The van der Waals surface area contributed by atoms with E-state index in [2.05, 4.69) is 31.5 Å². The predicted octanol–water partition coefficient (Wildman–Crippen LogP) is 4.17. The number of aromatic nitrogens is 3. The van der Waals surface area contributed by atoms with Crippen LogP contribution < -0.4 is 5.32 Å². The molecule has 0 saturated carbocycles. The Morgan fingerprint density at radius 1 is 1.25 bits per heavy atom. The smallest absolute Gasteiger partial charge is 0.317 e. The Bertz CT molecular complexity index is 1330. The molecule has 4 heterocycles. The zero-order valence-electron chi connectivity index (χ0n) is 18.8. The number of hydrogen-bond acceptors (Lipinski definition) is 5. The van der Waals surface area contributed by atoms with Crippen molar-refractivity contribution in [2.24, 2.45) is 4.36 Å². The van der Waals surface area contributed by atoms with Crippen LogP contribution in [0.15, 0.2) is 40.9 Å². The summed E-state index contributed by atoms with van der Waals surface area (Å²) in [6.07, 6.45) is 7.58. The number of urea groups is 1. The second kappa shape index (κ2) is 7.58. The summed E-state index contributed by atoms with van der Waals surface area (Å²) in [4.78, 5) is 18.9. The first-order chi connectivity index (χ1) is 15.3. The Hall–Kier alpha value is -2.94. The zero-order valence-corrected chi connectivity index (χ0v) is 19.6. The van der Waals surface area contributed by atoms with Crippen molar-refractivity contribution in [3.05, 3.63) is 42.2 Å². The highest BCUT2D eigenvalue weighted by Gasteiger charge is 2.46. The molecular weight excluding hydrogens is 422 g/mol. The van der Waals surface area contributed by atoms with Gasteiger partial charge in [0.05, 0.1) is 16.9 Å². The minimum absolute atomic E-state index is 0.00482. The highest BCUT2D eigenvalue weighted by atomic mass is 32.2. The van der Waals surface area contributed by atoms with Gasteiger partial charge < -0.3 is 10.2 Å². The van der Waals surface area contributed by atoms with Crippen LogP contribution in [0.1, 0.15) is 25.5 Å². The van der Waals surface area contributed by atoms with E-state index < -0.39 is 9.62 Å². The number of amides is 2. The highest BCUT2D eigenvalue weighted by molar-refractivity contribution is 7.93. The normalized spacial score (nSPS) is 20.2. The number of likely N-dealkylation sites (tertiary alicyclic amines) is 1. The van der Waals surface area contributed by atoms with E-state index in [-0.39, 0.29) is 11.4 Å². The molecular formula is C23H29N7OS. The third kappa shape index (κ3) is 3.74. The Labute approximate surface area is 188 Å². The molecule has 2 N–H and O–H groups in total. The zero-order chi connectivity index (χ0) is 22.5. The number of benzene rings is 1. The van der Waals surface area contributed by atoms with E-state index in [4.69, 9.17) is 9.88 Å². The van der Waals surface area contributed by atoms with Crippen molar-refractivity contribution in [2.45, 2.75) is 31.7 Å². The van der Waals surface area contributed by atoms with E-state index in [1.807, 2.05) is 48.7 Å². The number of hydrogen-bond donors (Lipinski definition) is 2. The molecule has 1 aromatic carbocycles. The standard InChI is InChI=1S/C23H29N7OS/c1-4-25-22(31)29-9-7-23(15-29)8-10-30-21(23)13-20(27-30)17-11-16-12-18(28-32(2,3)24)5-6-19(16)26-14-17/h5-6,11-14,24H,4,7-10,15H2,1-3H3,(H,25,31). The maximum atomic E-state index is 12.3. The van der Waals surface area contributed by atoms with Gasteiger partial charge in [0.1, 0.15) is 0 Å². The van der Waals surface area contributed by atoms with Crippen molar-refractivity contribution in [1.29, 1.82) is 4.78 Å². The first kappa shape index (κ1) is 20.9.